The lowest BCUT2D eigenvalue weighted by molar-refractivity contribution is 0.337. The molecule has 1 aliphatic carbocycles. The predicted octanol–water partition coefficient (Wildman–Crippen LogP) is 9.32. The second-order valence-electron chi connectivity index (χ2n) is 11.1. The predicted molar refractivity (Wildman–Crippen MR) is 147 cm³/mol. The van der Waals surface area contributed by atoms with Crippen LogP contribution in [-0.2, 0) is 5.41 Å². The smallest absolute Gasteiger partial charge is 0.145 e. The maximum absolute atomic E-state index is 6.88. The monoisotopic (exact) mass is 459 g/mol. The number of benzene rings is 3. The van der Waals surface area contributed by atoms with E-state index in [-0.39, 0.29) is 5.41 Å². The van der Waals surface area contributed by atoms with E-state index in [0.717, 1.165) is 40.7 Å². The Morgan fingerprint density at radius 1 is 0.714 bits per heavy atom. The zero-order valence-corrected chi connectivity index (χ0v) is 21.4. The van der Waals surface area contributed by atoms with Gasteiger partial charge in [-0.1, -0.05) is 82.3 Å². The highest BCUT2D eigenvalue weighted by molar-refractivity contribution is 6.14. The normalized spacial score (nSPS) is 14.3. The molecule has 2 heteroatoms. The molecule has 0 bridgehead atoms. The summed E-state index contributed by atoms with van der Waals surface area (Å²) in [5.74, 6) is 1.19. The van der Waals surface area contributed by atoms with E-state index >= 15 is 0 Å². The Hall–Kier alpha value is -3.39. The third-order valence-electron chi connectivity index (χ3n) is 7.68. The lowest BCUT2D eigenvalue weighted by Gasteiger charge is -2.35. The Balaban J connectivity index is 1.71. The lowest BCUT2D eigenvalue weighted by Crippen LogP contribution is -2.29. The minimum Gasteiger partial charge on any atom is -0.455 e. The van der Waals surface area contributed by atoms with E-state index in [0.29, 0.717) is 11.8 Å². The molecule has 0 aliphatic heterocycles. The van der Waals surface area contributed by atoms with Gasteiger partial charge in [0.25, 0.3) is 0 Å². The minimum atomic E-state index is 0.0150. The number of nitrogens with zero attached hydrogens (tertiary/aromatic N) is 1. The molecule has 6 rings (SSSR count). The van der Waals surface area contributed by atoms with Crippen molar-refractivity contribution in [2.75, 3.05) is 0 Å². The van der Waals surface area contributed by atoms with Gasteiger partial charge in [0.2, 0.25) is 0 Å². The SMILES string of the molecule is Cc1ccc2c(oc3c4c(ccc32)C(CC(C)C)(CC(C)C)c2ccccc2-4)c1-c1ccccn1. The Kier molecular flexibility index (Phi) is 5.11. The van der Waals surface area contributed by atoms with Crippen molar-refractivity contribution in [3.8, 4) is 22.4 Å². The molecule has 2 aromatic heterocycles. The summed E-state index contributed by atoms with van der Waals surface area (Å²) in [7, 11) is 0. The van der Waals surface area contributed by atoms with Crippen LogP contribution in [0.25, 0.3) is 44.3 Å². The molecule has 0 amide bonds. The molecule has 5 aromatic rings. The first kappa shape index (κ1) is 22.1. The number of pyridine rings is 1. The van der Waals surface area contributed by atoms with E-state index in [2.05, 4.69) is 94.2 Å². The van der Waals surface area contributed by atoms with Crippen LogP contribution in [0.1, 0.15) is 57.2 Å². The zero-order valence-electron chi connectivity index (χ0n) is 21.4. The summed E-state index contributed by atoms with van der Waals surface area (Å²) < 4.78 is 6.88. The number of fused-ring (bicyclic) bond motifs is 7. The second-order valence-corrected chi connectivity index (χ2v) is 11.1. The number of hydrogen-bond donors (Lipinski definition) is 0. The number of rotatable bonds is 5. The van der Waals surface area contributed by atoms with Crippen LogP contribution in [-0.4, -0.2) is 4.98 Å². The summed E-state index contributed by atoms with van der Waals surface area (Å²) >= 11 is 0. The third kappa shape index (κ3) is 3.26. The molecule has 0 radical (unpaired) electrons. The van der Waals surface area contributed by atoms with Gasteiger partial charge < -0.3 is 4.42 Å². The molecule has 0 saturated heterocycles. The van der Waals surface area contributed by atoms with Crippen molar-refractivity contribution in [3.63, 3.8) is 0 Å². The van der Waals surface area contributed by atoms with Gasteiger partial charge in [-0.25, -0.2) is 0 Å². The number of furan rings is 1. The fourth-order valence-electron chi connectivity index (χ4n) is 6.68. The zero-order chi connectivity index (χ0) is 24.3. The van der Waals surface area contributed by atoms with Crippen molar-refractivity contribution in [1.82, 2.24) is 4.98 Å². The number of aryl methyl sites for hydroxylation is 1. The molecule has 1 aliphatic rings. The molecule has 0 N–H and O–H groups in total. The summed E-state index contributed by atoms with van der Waals surface area (Å²) in [4.78, 5) is 4.67. The van der Waals surface area contributed by atoms with Crippen LogP contribution < -0.4 is 0 Å². The maximum atomic E-state index is 6.88. The molecule has 0 unspecified atom stereocenters. The molecule has 0 spiro atoms. The summed E-state index contributed by atoms with van der Waals surface area (Å²) in [5.41, 5.74) is 10.7. The van der Waals surface area contributed by atoms with E-state index in [1.165, 1.54) is 33.2 Å². The lowest BCUT2D eigenvalue weighted by atomic mass is 9.68. The van der Waals surface area contributed by atoms with E-state index in [9.17, 15) is 0 Å². The second kappa shape index (κ2) is 8.09. The molecule has 2 heterocycles. The van der Waals surface area contributed by atoms with Gasteiger partial charge in [0.1, 0.15) is 11.2 Å². The average Bonchev–Trinajstić information content (AvgIpc) is 3.33. The highest BCUT2D eigenvalue weighted by Crippen LogP contribution is 2.57. The molecular formula is C33H33NO. The van der Waals surface area contributed by atoms with Gasteiger partial charge in [-0.2, -0.15) is 0 Å². The molecule has 176 valence electrons. The van der Waals surface area contributed by atoms with Crippen LogP contribution in [0, 0.1) is 18.8 Å². The van der Waals surface area contributed by atoms with Crippen LogP contribution in [0.5, 0.6) is 0 Å². The maximum Gasteiger partial charge on any atom is 0.145 e. The first-order valence-electron chi connectivity index (χ1n) is 12.9. The van der Waals surface area contributed by atoms with Gasteiger partial charge in [-0.15, -0.1) is 0 Å². The minimum absolute atomic E-state index is 0.0150. The first-order chi connectivity index (χ1) is 16.9. The van der Waals surface area contributed by atoms with Crippen LogP contribution in [0.2, 0.25) is 0 Å². The van der Waals surface area contributed by atoms with Gasteiger partial charge in [-0.3, -0.25) is 4.98 Å². The quantitative estimate of drug-likeness (QED) is 0.262. The Morgan fingerprint density at radius 3 is 2.06 bits per heavy atom. The van der Waals surface area contributed by atoms with Crippen molar-refractivity contribution in [3.05, 3.63) is 89.6 Å². The van der Waals surface area contributed by atoms with Crippen molar-refractivity contribution >= 4 is 21.9 Å². The number of hydrogen-bond acceptors (Lipinski definition) is 2. The molecule has 0 atom stereocenters. The van der Waals surface area contributed by atoms with Gasteiger partial charge >= 0.3 is 0 Å². The summed E-state index contributed by atoms with van der Waals surface area (Å²) in [5, 5.41) is 2.35. The topological polar surface area (TPSA) is 26.0 Å². The Bertz CT molecular complexity index is 1550. The van der Waals surface area contributed by atoms with E-state index < -0.39 is 0 Å². The number of aromatic nitrogens is 1. The van der Waals surface area contributed by atoms with Gasteiger partial charge in [0.15, 0.2) is 0 Å². The fraction of sp³-hybridized carbons (Fsp3) is 0.303. The highest BCUT2D eigenvalue weighted by atomic mass is 16.3. The summed E-state index contributed by atoms with van der Waals surface area (Å²) in [6.45, 7) is 11.6. The van der Waals surface area contributed by atoms with Gasteiger partial charge in [-0.05, 0) is 66.0 Å². The summed E-state index contributed by atoms with van der Waals surface area (Å²) in [6, 6.07) is 24.2. The largest absolute Gasteiger partial charge is 0.455 e. The molecule has 3 aromatic carbocycles. The van der Waals surface area contributed by atoms with Crippen LogP contribution >= 0.6 is 0 Å². The molecular weight excluding hydrogens is 426 g/mol. The van der Waals surface area contributed by atoms with Crippen molar-refractivity contribution in [2.24, 2.45) is 11.8 Å². The van der Waals surface area contributed by atoms with Gasteiger partial charge in [0, 0.05) is 33.5 Å². The standard InChI is InChI=1S/C33H33NO/c1-20(2)18-33(19-21(3)4)26-11-7-6-10-25(26)30-27(33)16-15-24-23-14-13-22(5)29(31(23)35-32(24)30)28-12-8-9-17-34-28/h6-17,20-21H,18-19H2,1-5H3. The van der Waals surface area contributed by atoms with E-state index in [1.54, 1.807) is 0 Å². The van der Waals surface area contributed by atoms with E-state index in [1.807, 2.05) is 18.3 Å². The highest BCUT2D eigenvalue weighted by Gasteiger charge is 2.45. The third-order valence-corrected chi connectivity index (χ3v) is 7.68. The van der Waals surface area contributed by atoms with E-state index in [4.69, 9.17) is 4.42 Å². The fourth-order valence-corrected chi connectivity index (χ4v) is 6.68. The first-order valence-corrected chi connectivity index (χ1v) is 12.9. The van der Waals surface area contributed by atoms with Gasteiger partial charge in [0.05, 0.1) is 5.69 Å². The molecule has 0 saturated carbocycles. The van der Waals surface area contributed by atoms with Crippen LogP contribution in [0.15, 0.2) is 77.3 Å². The van der Waals surface area contributed by atoms with Crippen LogP contribution in [0.4, 0.5) is 0 Å². The molecule has 35 heavy (non-hydrogen) atoms. The average molecular weight is 460 g/mol. The van der Waals surface area contributed by atoms with Crippen molar-refractivity contribution < 1.29 is 4.42 Å². The Morgan fingerprint density at radius 2 is 1.37 bits per heavy atom. The molecule has 2 nitrogen and oxygen atoms in total. The summed E-state index contributed by atoms with van der Waals surface area (Å²) in [6.07, 6.45) is 4.13. The van der Waals surface area contributed by atoms with Crippen molar-refractivity contribution in [2.45, 2.75) is 52.9 Å². The Labute approximate surface area is 208 Å². The molecule has 0 fully saturated rings. The van der Waals surface area contributed by atoms with Crippen molar-refractivity contribution in [1.29, 1.82) is 0 Å². The van der Waals surface area contributed by atoms with Crippen LogP contribution in [0.3, 0.4) is 0 Å².